The first-order valence-corrected chi connectivity index (χ1v) is 5.73. The van der Waals surface area contributed by atoms with Gasteiger partial charge in [-0.3, -0.25) is 0 Å². The van der Waals surface area contributed by atoms with Crippen molar-refractivity contribution in [3.8, 4) is 0 Å². The number of hydrogen-bond acceptors (Lipinski definition) is 3. The Balaban J connectivity index is 2.07. The summed E-state index contributed by atoms with van der Waals surface area (Å²) >= 11 is 0. The molecule has 1 aliphatic carbocycles. The first kappa shape index (κ1) is 10.3. The molecule has 1 N–H and O–H groups in total. The normalized spacial score (nSPS) is 23.6. The molecule has 0 atom stereocenters. The van der Waals surface area contributed by atoms with E-state index in [0.717, 1.165) is 29.8 Å². The van der Waals surface area contributed by atoms with Gasteiger partial charge in [-0.25, -0.2) is 9.48 Å². The van der Waals surface area contributed by atoms with Crippen molar-refractivity contribution >= 4 is 17.0 Å². The number of aromatic nitrogens is 3. The van der Waals surface area contributed by atoms with E-state index >= 15 is 0 Å². The Hall–Kier alpha value is -1.91. The smallest absolute Gasteiger partial charge is 0.335 e. The van der Waals surface area contributed by atoms with E-state index in [-0.39, 0.29) is 5.56 Å². The molecule has 88 valence electrons. The summed E-state index contributed by atoms with van der Waals surface area (Å²) in [6.45, 7) is 2.21. The summed E-state index contributed by atoms with van der Waals surface area (Å²) in [4.78, 5) is 10.9. The standard InChI is InChI=1S/C12H13N3O2/c1-7-4-9(5-7)15-11-6-8(12(16)17)2-3-10(11)13-14-15/h2-3,6-7,9H,4-5H2,1H3,(H,16,17). The summed E-state index contributed by atoms with van der Waals surface area (Å²) in [6.07, 6.45) is 2.19. The molecule has 0 spiro atoms. The number of carboxylic acids is 1. The van der Waals surface area contributed by atoms with Gasteiger partial charge in [0, 0.05) is 0 Å². The zero-order valence-corrected chi connectivity index (χ0v) is 9.50. The lowest BCUT2D eigenvalue weighted by Gasteiger charge is -2.32. The van der Waals surface area contributed by atoms with E-state index in [9.17, 15) is 4.79 Å². The van der Waals surface area contributed by atoms with Crippen molar-refractivity contribution in [2.24, 2.45) is 5.92 Å². The second-order valence-electron chi connectivity index (χ2n) is 4.77. The molecule has 0 bridgehead atoms. The van der Waals surface area contributed by atoms with Crippen LogP contribution in [0.3, 0.4) is 0 Å². The van der Waals surface area contributed by atoms with Crippen LogP contribution >= 0.6 is 0 Å². The molecule has 1 fully saturated rings. The zero-order valence-electron chi connectivity index (χ0n) is 9.50. The lowest BCUT2D eigenvalue weighted by atomic mass is 9.82. The fourth-order valence-electron chi connectivity index (χ4n) is 2.40. The molecule has 0 amide bonds. The largest absolute Gasteiger partial charge is 0.478 e. The number of hydrogen-bond donors (Lipinski definition) is 1. The Morgan fingerprint density at radius 3 is 2.88 bits per heavy atom. The molecule has 3 rings (SSSR count). The molecule has 2 aromatic rings. The van der Waals surface area contributed by atoms with E-state index in [1.165, 1.54) is 0 Å². The Morgan fingerprint density at radius 1 is 1.47 bits per heavy atom. The molecule has 1 aliphatic rings. The highest BCUT2D eigenvalue weighted by Crippen LogP contribution is 2.38. The SMILES string of the molecule is CC1CC(n2nnc3ccc(C(=O)O)cc32)C1. The van der Waals surface area contributed by atoms with E-state index in [4.69, 9.17) is 5.11 Å². The molecule has 1 aromatic carbocycles. The number of carboxylic acid groups (broad SMARTS) is 1. The Bertz CT molecular complexity index is 584. The minimum atomic E-state index is -0.915. The number of carbonyl (C=O) groups is 1. The van der Waals surface area contributed by atoms with Gasteiger partial charge in [0.15, 0.2) is 0 Å². The van der Waals surface area contributed by atoms with E-state index in [1.807, 2.05) is 4.68 Å². The monoisotopic (exact) mass is 231 g/mol. The number of aromatic carboxylic acids is 1. The van der Waals surface area contributed by atoms with Gasteiger partial charge in [0.2, 0.25) is 0 Å². The van der Waals surface area contributed by atoms with Crippen molar-refractivity contribution in [3.05, 3.63) is 23.8 Å². The molecule has 5 nitrogen and oxygen atoms in total. The van der Waals surface area contributed by atoms with Gasteiger partial charge in [-0.1, -0.05) is 12.1 Å². The molecule has 17 heavy (non-hydrogen) atoms. The molecular formula is C12H13N3O2. The average molecular weight is 231 g/mol. The summed E-state index contributed by atoms with van der Waals surface area (Å²) in [6, 6.07) is 5.30. The third kappa shape index (κ3) is 1.58. The number of nitrogens with zero attached hydrogens (tertiary/aromatic N) is 3. The maximum atomic E-state index is 10.9. The highest BCUT2D eigenvalue weighted by atomic mass is 16.4. The van der Waals surface area contributed by atoms with Gasteiger partial charge in [-0.05, 0) is 37.0 Å². The molecule has 1 aromatic heterocycles. The van der Waals surface area contributed by atoms with Crippen LogP contribution in [0.1, 0.15) is 36.2 Å². The number of rotatable bonds is 2. The van der Waals surface area contributed by atoms with Gasteiger partial charge in [0.05, 0.1) is 17.1 Å². The summed E-state index contributed by atoms with van der Waals surface area (Å²) in [5.41, 5.74) is 1.87. The highest BCUT2D eigenvalue weighted by Gasteiger charge is 2.29. The zero-order chi connectivity index (χ0) is 12.0. The quantitative estimate of drug-likeness (QED) is 0.859. The number of fused-ring (bicyclic) bond motifs is 1. The predicted molar refractivity (Wildman–Crippen MR) is 61.9 cm³/mol. The maximum absolute atomic E-state index is 10.9. The molecule has 0 unspecified atom stereocenters. The molecule has 0 saturated heterocycles. The van der Waals surface area contributed by atoms with Gasteiger partial charge in [-0.2, -0.15) is 0 Å². The van der Waals surface area contributed by atoms with Gasteiger partial charge >= 0.3 is 5.97 Å². The summed E-state index contributed by atoms with van der Waals surface area (Å²) < 4.78 is 1.86. The second-order valence-corrected chi connectivity index (χ2v) is 4.77. The van der Waals surface area contributed by atoms with Crippen molar-refractivity contribution in [3.63, 3.8) is 0 Å². The third-order valence-corrected chi connectivity index (χ3v) is 3.41. The van der Waals surface area contributed by atoms with Crippen molar-refractivity contribution in [1.29, 1.82) is 0 Å². The Labute approximate surface area is 98.0 Å². The first-order chi connectivity index (χ1) is 8.15. The lowest BCUT2D eigenvalue weighted by molar-refractivity contribution is 0.0697. The molecule has 1 heterocycles. The molecule has 0 aliphatic heterocycles. The van der Waals surface area contributed by atoms with Crippen LogP contribution in [-0.4, -0.2) is 26.1 Å². The summed E-state index contributed by atoms with van der Waals surface area (Å²) in [5, 5.41) is 17.2. The fourth-order valence-corrected chi connectivity index (χ4v) is 2.40. The van der Waals surface area contributed by atoms with Gasteiger partial charge in [0.25, 0.3) is 0 Å². The Morgan fingerprint density at radius 2 is 2.24 bits per heavy atom. The van der Waals surface area contributed by atoms with Crippen molar-refractivity contribution < 1.29 is 9.90 Å². The van der Waals surface area contributed by atoms with Crippen molar-refractivity contribution in [1.82, 2.24) is 15.0 Å². The van der Waals surface area contributed by atoms with Crippen LogP contribution in [0.15, 0.2) is 18.2 Å². The van der Waals surface area contributed by atoms with Crippen LogP contribution in [0.4, 0.5) is 0 Å². The molecule has 0 radical (unpaired) electrons. The molecule has 1 saturated carbocycles. The second kappa shape index (κ2) is 3.55. The predicted octanol–water partition coefficient (Wildman–Crippen LogP) is 2.10. The van der Waals surface area contributed by atoms with Crippen molar-refractivity contribution in [2.75, 3.05) is 0 Å². The first-order valence-electron chi connectivity index (χ1n) is 5.73. The maximum Gasteiger partial charge on any atom is 0.335 e. The van der Waals surface area contributed by atoms with E-state index in [2.05, 4.69) is 17.2 Å². The lowest BCUT2D eigenvalue weighted by Crippen LogP contribution is -2.25. The van der Waals surface area contributed by atoms with Crippen LogP contribution < -0.4 is 0 Å². The Kier molecular flexibility index (Phi) is 2.14. The minimum Gasteiger partial charge on any atom is -0.478 e. The molecule has 5 heteroatoms. The van der Waals surface area contributed by atoms with Crippen LogP contribution in [0.25, 0.3) is 11.0 Å². The van der Waals surface area contributed by atoms with Crippen LogP contribution in [0, 0.1) is 5.92 Å². The van der Waals surface area contributed by atoms with Gasteiger partial charge in [-0.15, -0.1) is 5.10 Å². The van der Waals surface area contributed by atoms with Gasteiger partial charge in [0.1, 0.15) is 5.52 Å². The number of benzene rings is 1. The van der Waals surface area contributed by atoms with E-state index in [0.29, 0.717) is 6.04 Å². The summed E-state index contributed by atoms with van der Waals surface area (Å²) in [5.74, 6) is -0.191. The fraction of sp³-hybridized carbons (Fsp3) is 0.417. The molecular weight excluding hydrogens is 218 g/mol. The van der Waals surface area contributed by atoms with E-state index in [1.54, 1.807) is 18.2 Å². The van der Waals surface area contributed by atoms with E-state index < -0.39 is 5.97 Å². The van der Waals surface area contributed by atoms with Crippen LogP contribution in [0.5, 0.6) is 0 Å². The van der Waals surface area contributed by atoms with Crippen molar-refractivity contribution in [2.45, 2.75) is 25.8 Å². The van der Waals surface area contributed by atoms with Crippen LogP contribution in [0.2, 0.25) is 0 Å². The minimum absolute atomic E-state index is 0.286. The topological polar surface area (TPSA) is 68.0 Å². The van der Waals surface area contributed by atoms with Gasteiger partial charge < -0.3 is 5.11 Å². The highest BCUT2D eigenvalue weighted by molar-refractivity contribution is 5.92. The average Bonchev–Trinajstić information content (AvgIpc) is 2.67. The van der Waals surface area contributed by atoms with Crippen LogP contribution in [-0.2, 0) is 0 Å². The third-order valence-electron chi connectivity index (χ3n) is 3.41. The summed E-state index contributed by atoms with van der Waals surface area (Å²) in [7, 11) is 0.